The van der Waals surface area contributed by atoms with Crippen molar-refractivity contribution in [1.82, 2.24) is 0 Å². The highest BCUT2D eigenvalue weighted by Gasteiger charge is 2.47. The zero-order valence-electron chi connectivity index (χ0n) is 42.3. The van der Waals surface area contributed by atoms with Gasteiger partial charge in [0.2, 0.25) is 0 Å². The highest BCUT2D eigenvalue weighted by molar-refractivity contribution is 6.23. The van der Waals surface area contributed by atoms with Gasteiger partial charge in [-0.1, -0.05) is 238 Å². The Labute approximate surface area is 443 Å². The minimum atomic E-state index is -0.613. The molecule has 2 nitrogen and oxygen atoms in total. The molecule has 2 heteroatoms. The molecular formula is C74H51NO. The van der Waals surface area contributed by atoms with Crippen LogP contribution >= 0.6 is 0 Å². The number of nitrogens with zero attached hydrogens (tertiary/aromatic N) is 1. The third-order valence-corrected chi connectivity index (χ3v) is 16.7. The Balaban J connectivity index is 1.03. The van der Waals surface area contributed by atoms with E-state index in [1.54, 1.807) is 0 Å². The molecule has 0 unspecified atom stereocenters. The Morgan fingerprint density at radius 1 is 0.342 bits per heavy atom. The zero-order valence-corrected chi connectivity index (χ0v) is 42.3. The summed E-state index contributed by atoms with van der Waals surface area (Å²) >= 11 is 0. The molecular weight excluding hydrogens is 919 g/mol. The summed E-state index contributed by atoms with van der Waals surface area (Å²) in [6, 6.07) is 101. The molecule has 0 atom stereocenters. The summed E-state index contributed by atoms with van der Waals surface area (Å²) in [7, 11) is 0. The van der Waals surface area contributed by atoms with Crippen molar-refractivity contribution in [2.24, 2.45) is 0 Å². The summed E-state index contributed by atoms with van der Waals surface area (Å²) < 4.78 is 7.18. The number of hydrogen-bond acceptors (Lipinski definition) is 2. The average Bonchev–Trinajstić information content (AvgIpc) is 4.12. The van der Waals surface area contributed by atoms with E-state index >= 15 is 0 Å². The summed E-state index contributed by atoms with van der Waals surface area (Å²) in [5, 5.41) is 4.37. The minimum absolute atomic E-state index is 0.243. The second-order valence-corrected chi connectivity index (χ2v) is 21.1. The van der Waals surface area contributed by atoms with Gasteiger partial charge < -0.3 is 9.32 Å². The van der Waals surface area contributed by atoms with Gasteiger partial charge in [-0.2, -0.15) is 0 Å². The molecule has 0 radical (unpaired) electrons. The lowest BCUT2D eigenvalue weighted by atomic mass is 9.67. The predicted molar refractivity (Wildman–Crippen MR) is 317 cm³/mol. The SMILES string of the molecule is CC1(C)c2ccccc2-c2cccc(N(c3ccccc3)c3cccc4oc5c6ccccc6c(-c6cc(-c7ccc(-c8ccccc8)cc7)c7c(c6)C(c6ccccc6)(c6ccccc6)c6ccccc6-7)cc5c34)c21. The van der Waals surface area contributed by atoms with Crippen LogP contribution in [0.2, 0.25) is 0 Å². The Bertz CT molecular complexity index is 4360. The Morgan fingerprint density at radius 2 is 0.895 bits per heavy atom. The van der Waals surface area contributed by atoms with E-state index in [-0.39, 0.29) is 5.41 Å². The van der Waals surface area contributed by atoms with Crippen molar-refractivity contribution in [2.45, 2.75) is 24.7 Å². The van der Waals surface area contributed by atoms with E-state index in [9.17, 15) is 0 Å². The molecule has 2 aliphatic carbocycles. The molecule has 2 aliphatic rings. The van der Waals surface area contributed by atoms with Crippen LogP contribution in [-0.4, -0.2) is 0 Å². The lowest BCUT2D eigenvalue weighted by Gasteiger charge is -2.34. The third kappa shape index (κ3) is 6.41. The van der Waals surface area contributed by atoms with Gasteiger partial charge in [0.1, 0.15) is 11.2 Å². The molecule has 0 N–H and O–H groups in total. The highest BCUT2D eigenvalue weighted by Crippen LogP contribution is 2.60. The molecule has 76 heavy (non-hydrogen) atoms. The van der Waals surface area contributed by atoms with Crippen molar-refractivity contribution in [3.05, 3.63) is 306 Å². The first-order valence-corrected chi connectivity index (χ1v) is 26.5. The molecule has 0 saturated carbocycles. The number of para-hydroxylation sites is 1. The van der Waals surface area contributed by atoms with Gasteiger partial charge in [0.05, 0.1) is 22.2 Å². The monoisotopic (exact) mass is 969 g/mol. The largest absolute Gasteiger partial charge is 0.455 e. The first kappa shape index (κ1) is 44.0. The van der Waals surface area contributed by atoms with Crippen molar-refractivity contribution in [3.8, 4) is 55.6 Å². The molecule has 1 aromatic heterocycles. The molecule has 15 rings (SSSR count). The Kier molecular flexibility index (Phi) is 9.86. The fourth-order valence-corrected chi connectivity index (χ4v) is 13.5. The van der Waals surface area contributed by atoms with Gasteiger partial charge >= 0.3 is 0 Å². The predicted octanol–water partition coefficient (Wildman–Crippen LogP) is 19.9. The van der Waals surface area contributed by atoms with E-state index in [0.717, 1.165) is 60.9 Å². The van der Waals surface area contributed by atoms with Gasteiger partial charge in [-0.3, -0.25) is 0 Å². The van der Waals surface area contributed by atoms with Crippen LogP contribution in [0.3, 0.4) is 0 Å². The molecule has 0 bridgehead atoms. The van der Waals surface area contributed by atoms with Gasteiger partial charge in [0.15, 0.2) is 0 Å². The van der Waals surface area contributed by atoms with Crippen molar-refractivity contribution in [2.75, 3.05) is 4.90 Å². The molecule has 0 fully saturated rings. The topological polar surface area (TPSA) is 16.4 Å². The van der Waals surface area contributed by atoms with Crippen LogP contribution in [0.1, 0.15) is 47.2 Å². The molecule has 0 saturated heterocycles. The standard InChI is InChI=1S/C74H51NO/c1-73(2)63-36-19-17-32-56(63)57-35-21-39-67(71(57)73)75(54-29-13-6-14-30-54)66-38-22-40-68-70(66)62-47-60(55-31-15-16-33-58(55)72(62)76-68)51-45-61(50-43-41-49(42-44-50)48-23-7-3-8-24-48)69-59-34-18-20-37-64(59)74(65(69)46-51,52-25-9-4-10-26-52)53-27-11-5-12-28-53/h3-47H,1-2H3. The summed E-state index contributed by atoms with van der Waals surface area (Å²) in [4.78, 5) is 2.48. The number of benzene rings is 12. The normalized spacial score (nSPS) is 13.6. The van der Waals surface area contributed by atoms with Gasteiger partial charge in [-0.25, -0.2) is 0 Å². The van der Waals surface area contributed by atoms with Gasteiger partial charge in [-0.15, -0.1) is 0 Å². The number of anilines is 3. The lowest BCUT2D eigenvalue weighted by Crippen LogP contribution is -2.28. The summed E-state index contributed by atoms with van der Waals surface area (Å²) in [5.41, 5.74) is 24.0. The van der Waals surface area contributed by atoms with Crippen molar-refractivity contribution >= 4 is 49.8 Å². The maximum atomic E-state index is 7.18. The van der Waals surface area contributed by atoms with Crippen molar-refractivity contribution < 1.29 is 4.42 Å². The van der Waals surface area contributed by atoms with Crippen molar-refractivity contribution in [1.29, 1.82) is 0 Å². The fraction of sp³-hybridized carbons (Fsp3) is 0.0541. The van der Waals surface area contributed by atoms with Crippen molar-refractivity contribution in [3.63, 3.8) is 0 Å². The summed E-state index contributed by atoms with van der Waals surface area (Å²) in [6.07, 6.45) is 0. The van der Waals surface area contributed by atoms with Crippen LogP contribution in [0, 0.1) is 0 Å². The molecule has 358 valence electrons. The van der Waals surface area contributed by atoms with E-state index in [1.807, 2.05) is 0 Å². The molecule has 0 amide bonds. The highest BCUT2D eigenvalue weighted by atomic mass is 16.3. The molecule has 1 heterocycles. The van der Waals surface area contributed by atoms with E-state index in [1.165, 1.54) is 77.9 Å². The molecule has 0 aliphatic heterocycles. The first-order valence-electron chi connectivity index (χ1n) is 26.5. The van der Waals surface area contributed by atoms with Crippen LogP contribution < -0.4 is 4.90 Å². The maximum absolute atomic E-state index is 7.18. The van der Waals surface area contributed by atoms with Crippen LogP contribution in [0.5, 0.6) is 0 Å². The van der Waals surface area contributed by atoms with Crippen LogP contribution in [-0.2, 0) is 10.8 Å². The number of rotatable bonds is 8. The van der Waals surface area contributed by atoms with E-state index < -0.39 is 5.41 Å². The van der Waals surface area contributed by atoms with E-state index in [2.05, 4.69) is 292 Å². The van der Waals surface area contributed by atoms with Gasteiger partial charge in [0, 0.05) is 21.9 Å². The lowest BCUT2D eigenvalue weighted by molar-refractivity contribution is 0.661. The quantitative estimate of drug-likeness (QED) is 0.151. The maximum Gasteiger partial charge on any atom is 0.143 e. The van der Waals surface area contributed by atoms with Crippen LogP contribution in [0.25, 0.3) is 88.3 Å². The van der Waals surface area contributed by atoms with E-state index in [4.69, 9.17) is 4.42 Å². The zero-order chi connectivity index (χ0) is 50.5. The van der Waals surface area contributed by atoms with E-state index in [0.29, 0.717) is 0 Å². The molecule has 13 aromatic rings. The van der Waals surface area contributed by atoms with Gasteiger partial charge in [0.25, 0.3) is 0 Å². The average molecular weight is 970 g/mol. The number of furan rings is 1. The summed E-state index contributed by atoms with van der Waals surface area (Å²) in [5.74, 6) is 0. The Morgan fingerprint density at radius 3 is 1.62 bits per heavy atom. The summed E-state index contributed by atoms with van der Waals surface area (Å²) in [6.45, 7) is 4.75. The smallest absolute Gasteiger partial charge is 0.143 e. The second kappa shape index (κ2) is 17.0. The number of fused-ring (bicyclic) bond motifs is 11. The fourth-order valence-electron chi connectivity index (χ4n) is 13.5. The molecule has 0 spiro atoms. The minimum Gasteiger partial charge on any atom is -0.455 e. The first-order chi connectivity index (χ1) is 37.5. The molecule has 12 aromatic carbocycles. The Hall–Kier alpha value is -9.50. The third-order valence-electron chi connectivity index (χ3n) is 16.7. The van der Waals surface area contributed by atoms with Gasteiger partial charge in [-0.05, 0) is 143 Å². The van der Waals surface area contributed by atoms with Crippen LogP contribution in [0.15, 0.2) is 277 Å². The number of hydrogen-bond donors (Lipinski definition) is 0. The second-order valence-electron chi connectivity index (χ2n) is 21.1. The van der Waals surface area contributed by atoms with Crippen LogP contribution in [0.4, 0.5) is 17.1 Å².